The number of sulfonamides is 1. The average molecular weight is 1340 g/mol. The fourth-order valence-electron chi connectivity index (χ4n) is 12.2. The van der Waals surface area contributed by atoms with Gasteiger partial charge in [-0.1, -0.05) is 78.9 Å². The van der Waals surface area contributed by atoms with Crippen molar-refractivity contribution in [1.29, 1.82) is 0 Å². The van der Waals surface area contributed by atoms with Crippen molar-refractivity contribution in [2.75, 3.05) is 26.2 Å². The van der Waals surface area contributed by atoms with E-state index in [0.717, 1.165) is 27.8 Å². The highest BCUT2D eigenvalue weighted by Crippen LogP contribution is 2.45. The first kappa shape index (κ1) is 72.1. The highest BCUT2D eigenvalue weighted by Gasteiger charge is 2.47. The molecule has 3 aliphatic heterocycles. The van der Waals surface area contributed by atoms with Gasteiger partial charge in [0.25, 0.3) is 15.9 Å². The number of nitrogens with two attached hydrogens (primary N) is 1. The van der Waals surface area contributed by atoms with Gasteiger partial charge in [-0.05, 0) is 139 Å². The summed E-state index contributed by atoms with van der Waals surface area (Å²) in [5.41, 5.74) is 11.6. The second-order valence-electron chi connectivity index (χ2n) is 26.1. The normalized spacial score (nSPS) is 24.1. The van der Waals surface area contributed by atoms with E-state index in [-0.39, 0.29) is 69.0 Å². The predicted molar refractivity (Wildman–Crippen MR) is 348 cm³/mol. The zero-order valence-corrected chi connectivity index (χ0v) is 55.6. The lowest BCUT2D eigenvalue weighted by molar-refractivity contribution is -0.218. The van der Waals surface area contributed by atoms with E-state index in [2.05, 4.69) is 46.9 Å². The zero-order valence-electron chi connectivity index (χ0n) is 54.8. The minimum atomic E-state index is -4.30. The van der Waals surface area contributed by atoms with Crippen molar-refractivity contribution >= 4 is 63.5 Å². The number of carbonyl (C=O) groups excluding carboxylic acids is 8. The molecule has 7 amide bonds. The quantitative estimate of drug-likeness (QED) is 0.0260. The summed E-state index contributed by atoms with van der Waals surface area (Å²) in [7, 11) is -4.30. The number of nitrogens with one attached hydrogen (secondary N) is 8. The van der Waals surface area contributed by atoms with Gasteiger partial charge in [0, 0.05) is 44.0 Å². The van der Waals surface area contributed by atoms with Gasteiger partial charge in [-0.3, -0.25) is 38.6 Å². The molecule has 5 unspecified atom stereocenters. The summed E-state index contributed by atoms with van der Waals surface area (Å²) >= 11 is 0. The van der Waals surface area contributed by atoms with Crippen molar-refractivity contribution < 1.29 is 81.0 Å². The molecular formula is C67H88N10O17S. The Labute approximate surface area is 552 Å². The van der Waals surface area contributed by atoms with E-state index in [4.69, 9.17) is 24.7 Å². The highest BCUT2D eigenvalue weighted by atomic mass is 32.2. The summed E-state index contributed by atoms with van der Waals surface area (Å²) in [5.74, 6) is -6.36. The van der Waals surface area contributed by atoms with Gasteiger partial charge >= 0.3 is 12.1 Å². The van der Waals surface area contributed by atoms with Crippen LogP contribution in [0.15, 0.2) is 88.8 Å². The number of hydrogen-bond donors (Lipinski definition) is 12. The van der Waals surface area contributed by atoms with Gasteiger partial charge in [0.15, 0.2) is 6.10 Å². The fraction of sp³-hybridized carbons (Fsp3) is 0.507. The molecule has 4 aromatic rings. The van der Waals surface area contributed by atoms with Crippen molar-refractivity contribution in [2.45, 2.75) is 196 Å². The number of amides is 7. The first-order valence-electron chi connectivity index (χ1n) is 31.8. The molecule has 10 atom stereocenters. The zero-order chi connectivity index (χ0) is 69.3. The molecular weight excluding hydrogens is 1250 g/mol. The Hall–Kier alpha value is -8.70. The van der Waals surface area contributed by atoms with E-state index < -0.39 is 148 Å². The molecule has 3 heterocycles. The molecule has 0 aromatic heterocycles. The largest absolute Gasteiger partial charge is 0.487 e. The number of unbranched alkanes of at least 4 members (excludes halogenated alkanes) is 1. The Balaban J connectivity index is 0.953. The van der Waals surface area contributed by atoms with Gasteiger partial charge in [0.1, 0.15) is 78.2 Å². The number of carbonyl (C=O) groups is 8. The molecule has 1 aliphatic carbocycles. The minimum Gasteiger partial charge on any atom is -0.487 e. The Kier molecular flexibility index (Phi) is 23.4. The summed E-state index contributed by atoms with van der Waals surface area (Å²) in [6.07, 6.45) is -9.98. The standard InChI is InChI=1S/C67H88N10O17S/c1-35-36(2)57(37(3)44-32-67(8,9)94-55(35)44)95(89,90)77-64(68)70-29-19-27-47-59(83)72-38(4)58(82)75-49(31-51(78)93-66(5,6)7)62(86)76-48(30-39-20-11-10-12-21-39)61(85)74-46(60(84)73-47)26-17-18-28-69-63(87)56-54(81)53(80)52(79)50(92-56)33-71-65(88)91-34-45-42-24-15-13-22-40(42)41-23-14-16-25-43(41)45/h10-16,20-25,38,45-50,52-54,56,79-81H,17-19,26-34H2,1-9H3,(H,69,87)(H,71,88)(H,72,83)(H,73,84)(H,74,85)(H,75,82)(H,76,86)(H3,68,70,77)/t38-,46-,47-,48+,49-,50?,52?,53?,54?,56?/m0/s1. The number of nitrogens with zero attached hydrogens (tertiary/aromatic N) is 1. The van der Waals surface area contributed by atoms with E-state index in [1.165, 1.54) is 6.92 Å². The Morgan fingerprint density at radius 1 is 0.705 bits per heavy atom. The third kappa shape index (κ3) is 18.2. The van der Waals surface area contributed by atoms with Crippen molar-refractivity contribution in [1.82, 2.24) is 41.9 Å². The molecule has 95 heavy (non-hydrogen) atoms. The summed E-state index contributed by atoms with van der Waals surface area (Å²) < 4.78 is 53.3. The molecule has 4 aliphatic rings. The Bertz CT molecular complexity index is 3630. The van der Waals surface area contributed by atoms with Gasteiger partial charge in [0.05, 0.1) is 11.3 Å². The SMILES string of the molecule is Cc1c(C)c(S(=O)(=O)NC(N)=NCCC[C@@H]2NC(=O)[C@H](CCCCNC(=O)C3OC(CNC(=O)OCC4c5ccccc5-c5ccccc54)C(O)C(O)C3O)NC(=O)[C@@H](Cc3ccccc3)NC(=O)[C@H](CC(=O)OC(C)(C)C)NC(=O)[C@H](C)NC2=O)c(C)c2c1OC(C)(C)C2. The van der Waals surface area contributed by atoms with E-state index in [1.54, 1.807) is 71.9 Å². The van der Waals surface area contributed by atoms with Crippen molar-refractivity contribution in [3.63, 3.8) is 0 Å². The smallest absolute Gasteiger partial charge is 0.407 e. The maximum absolute atomic E-state index is 14.7. The molecule has 28 heteroatoms. The summed E-state index contributed by atoms with van der Waals surface area (Å²) in [6.45, 7) is 14.4. The van der Waals surface area contributed by atoms with Crippen LogP contribution in [0.25, 0.3) is 11.1 Å². The molecule has 8 rings (SSSR count). The number of benzene rings is 4. The Morgan fingerprint density at radius 3 is 1.92 bits per heavy atom. The number of rotatable bonds is 20. The van der Waals surface area contributed by atoms with Crippen LogP contribution in [0, 0.1) is 20.8 Å². The maximum atomic E-state index is 14.7. The van der Waals surface area contributed by atoms with Crippen LogP contribution in [0.5, 0.6) is 5.75 Å². The molecule has 0 radical (unpaired) electrons. The number of guanidine groups is 1. The minimum absolute atomic E-state index is 0.0126. The highest BCUT2D eigenvalue weighted by molar-refractivity contribution is 7.90. The fourth-order valence-corrected chi connectivity index (χ4v) is 13.7. The second-order valence-corrected chi connectivity index (χ2v) is 27.7. The van der Waals surface area contributed by atoms with Crippen LogP contribution >= 0.6 is 0 Å². The van der Waals surface area contributed by atoms with Crippen LogP contribution in [-0.2, 0) is 70.6 Å². The second kappa shape index (κ2) is 30.8. The number of hydrogen-bond acceptors (Lipinski definition) is 18. The predicted octanol–water partition coefficient (Wildman–Crippen LogP) is 1.81. The molecule has 4 aromatic carbocycles. The lowest BCUT2D eigenvalue weighted by Crippen LogP contribution is -2.63. The molecule has 0 bridgehead atoms. The molecule has 0 saturated carbocycles. The van der Waals surface area contributed by atoms with Crippen molar-refractivity contribution in [2.24, 2.45) is 10.7 Å². The molecule has 13 N–H and O–H groups in total. The van der Waals surface area contributed by atoms with Crippen LogP contribution in [0.2, 0.25) is 0 Å². The number of alkyl carbamates (subject to hydrolysis) is 1. The maximum Gasteiger partial charge on any atom is 0.407 e. The molecule has 2 fully saturated rings. The third-order valence-electron chi connectivity index (χ3n) is 17.1. The first-order valence-corrected chi connectivity index (χ1v) is 33.3. The lowest BCUT2D eigenvalue weighted by atomic mass is 9.94. The average Bonchev–Trinajstić information content (AvgIpc) is 1.67. The van der Waals surface area contributed by atoms with E-state index >= 15 is 0 Å². The summed E-state index contributed by atoms with van der Waals surface area (Å²) in [6, 6.07) is 16.7. The van der Waals surface area contributed by atoms with Crippen LogP contribution in [0.4, 0.5) is 4.79 Å². The molecule has 27 nitrogen and oxygen atoms in total. The van der Waals surface area contributed by atoms with Crippen molar-refractivity contribution in [3.05, 3.63) is 118 Å². The number of ether oxygens (including phenoxy) is 4. The summed E-state index contributed by atoms with van der Waals surface area (Å²) in [5, 5.41) is 50.9. The van der Waals surface area contributed by atoms with E-state index in [1.807, 2.05) is 62.4 Å². The number of esters is 1. The lowest BCUT2D eigenvalue weighted by Gasteiger charge is -2.39. The van der Waals surface area contributed by atoms with Crippen LogP contribution in [-0.4, -0.2) is 175 Å². The number of aliphatic imine (C=N–C) groups is 1. The van der Waals surface area contributed by atoms with Gasteiger partial charge in [0.2, 0.25) is 35.5 Å². The van der Waals surface area contributed by atoms with Gasteiger partial charge in [-0.2, -0.15) is 0 Å². The van der Waals surface area contributed by atoms with E-state index in [9.17, 15) is 62.1 Å². The monoisotopic (exact) mass is 1340 g/mol. The first-order chi connectivity index (χ1) is 44.8. The molecule has 0 spiro atoms. The van der Waals surface area contributed by atoms with E-state index in [0.29, 0.717) is 34.4 Å². The van der Waals surface area contributed by atoms with Crippen LogP contribution in [0.1, 0.15) is 125 Å². The molecule has 2 saturated heterocycles. The number of aliphatic hydroxyl groups is 3. The third-order valence-corrected chi connectivity index (χ3v) is 18.7. The van der Waals surface area contributed by atoms with Gasteiger partial charge in [-0.15, -0.1) is 0 Å². The number of fused-ring (bicyclic) bond motifs is 4. The topological polar surface area (TPSA) is 403 Å². The van der Waals surface area contributed by atoms with Gasteiger partial charge in [-0.25, -0.2) is 17.9 Å². The van der Waals surface area contributed by atoms with Crippen LogP contribution in [0.3, 0.4) is 0 Å². The Morgan fingerprint density at radius 2 is 1.27 bits per heavy atom. The molecule has 514 valence electrons. The number of aliphatic hydroxyl groups excluding tert-OH is 3. The van der Waals surface area contributed by atoms with Crippen molar-refractivity contribution in [3.8, 4) is 16.9 Å². The van der Waals surface area contributed by atoms with Gasteiger partial charge < -0.3 is 77.2 Å². The van der Waals surface area contributed by atoms with Crippen LogP contribution < -0.4 is 52.4 Å². The summed E-state index contributed by atoms with van der Waals surface area (Å²) in [4.78, 5) is 116.